The molecule has 0 saturated heterocycles. The van der Waals surface area contributed by atoms with Gasteiger partial charge in [-0.05, 0) is 37.5 Å². The fourth-order valence-corrected chi connectivity index (χ4v) is 3.25. The molecule has 2 heterocycles. The fraction of sp³-hybridized carbons (Fsp3) is 0.364. The van der Waals surface area contributed by atoms with Gasteiger partial charge in [-0.1, -0.05) is 37.3 Å². The van der Waals surface area contributed by atoms with E-state index in [1.54, 1.807) is 18.4 Å². The third-order valence-corrected chi connectivity index (χ3v) is 4.72. The van der Waals surface area contributed by atoms with Gasteiger partial charge in [-0.25, -0.2) is 0 Å². The number of hydrogen-bond donors (Lipinski definition) is 2. The minimum absolute atomic E-state index is 0.0655. The van der Waals surface area contributed by atoms with Crippen LogP contribution in [0.15, 0.2) is 57.6 Å². The highest BCUT2D eigenvalue weighted by molar-refractivity contribution is 5.88. The van der Waals surface area contributed by atoms with E-state index in [0.29, 0.717) is 30.5 Å². The highest BCUT2D eigenvalue weighted by atomic mass is 16.4. The van der Waals surface area contributed by atoms with Crippen molar-refractivity contribution in [2.75, 3.05) is 13.1 Å². The number of rotatable bonds is 11. The number of Topliss-reactive ketones (excluding diaryl/α,β-unsaturated/α-hetero) is 1. The van der Waals surface area contributed by atoms with Gasteiger partial charge in [0.05, 0.1) is 18.8 Å². The SMILES string of the molecule is CCC[NH+](CC(=O)N[C@H](Cc1ccccc1)C(C)=O)Cc1nnc(-c2ccco2)o1. The van der Waals surface area contributed by atoms with Crippen molar-refractivity contribution in [2.45, 2.75) is 39.3 Å². The number of amides is 1. The monoisotopic (exact) mass is 411 g/mol. The third kappa shape index (κ3) is 6.12. The second kappa shape index (κ2) is 10.5. The maximum Gasteiger partial charge on any atom is 0.283 e. The van der Waals surface area contributed by atoms with Gasteiger partial charge in [-0.3, -0.25) is 9.59 Å². The molecule has 8 nitrogen and oxygen atoms in total. The normalized spacial score (nSPS) is 13.0. The number of quaternary nitrogens is 1. The summed E-state index contributed by atoms with van der Waals surface area (Å²) in [5.41, 5.74) is 1.01. The van der Waals surface area contributed by atoms with Crippen molar-refractivity contribution in [1.82, 2.24) is 15.5 Å². The molecule has 0 aliphatic heterocycles. The maximum atomic E-state index is 12.6. The second-order valence-electron chi connectivity index (χ2n) is 7.25. The first-order valence-electron chi connectivity index (χ1n) is 10.1. The summed E-state index contributed by atoms with van der Waals surface area (Å²) in [6.07, 6.45) is 2.90. The van der Waals surface area contributed by atoms with Gasteiger partial charge in [0.2, 0.25) is 0 Å². The van der Waals surface area contributed by atoms with Crippen molar-refractivity contribution < 1.29 is 23.3 Å². The molecule has 1 unspecified atom stereocenters. The van der Waals surface area contributed by atoms with Gasteiger partial charge >= 0.3 is 0 Å². The average Bonchev–Trinajstić information content (AvgIpc) is 3.40. The number of nitrogens with one attached hydrogen (secondary N) is 2. The van der Waals surface area contributed by atoms with Gasteiger partial charge in [0.25, 0.3) is 17.7 Å². The predicted octanol–water partition coefficient (Wildman–Crippen LogP) is 1.44. The first-order chi connectivity index (χ1) is 14.5. The van der Waals surface area contributed by atoms with Crippen LogP contribution in [-0.4, -0.2) is 41.0 Å². The topological polar surface area (TPSA) is 103 Å². The lowest BCUT2D eigenvalue weighted by molar-refractivity contribution is -0.907. The van der Waals surface area contributed by atoms with Crippen LogP contribution in [0.4, 0.5) is 0 Å². The van der Waals surface area contributed by atoms with E-state index in [1.807, 2.05) is 37.3 Å². The van der Waals surface area contributed by atoms with Crippen LogP contribution in [-0.2, 0) is 22.6 Å². The molecule has 2 atom stereocenters. The maximum absolute atomic E-state index is 12.6. The summed E-state index contributed by atoms with van der Waals surface area (Å²) in [5.74, 6) is 1.01. The van der Waals surface area contributed by atoms with Gasteiger partial charge in [-0.15, -0.1) is 10.2 Å². The summed E-state index contributed by atoms with van der Waals surface area (Å²) >= 11 is 0. The van der Waals surface area contributed by atoms with E-state index in [4.69, 9.17) is 8.83 Å². The largest absolute Gasteiger partial charge is 0.459 e. The molecule has 0 spiro atoms. The average molecular weight is 411 g/mol. The van der Waals surface area contributed by atoms with Crippen LogP contribution in [0, 0.1) is 0 Å². The zero-order valence-corrected chi connectivity index (χ0v) is 17.3. The van der Waals surface area contributed by atoms with E-state index >= 15 is 0 Å². The van der Waals surface area contributed by atoms with Crippen molar-refractivity contribution in [3.63, 3.8) is 0 Å². The Bertz CT molecular complexity index is 937. The summed E-state index contributed by atoms with van der Waals surface area (Å²) in [4.78, 5) is 25.7. The smallest absolute Gasteiger partial charge is 0.283 e. The van der Waals surface area contributed by atoms with Crippen LogP contribution in [0.2, 0.25) is 0 Å². The molecular formula is C22H27N4O4+. The van der Waals surface area contributed by atoms with E-state index < -0.39 is 6.04 Å². The van der Waals surface area contributed by atoms with Crippen molar-refractivity contribution in [1.29, 1.82) is 0 Å². The lowest BCUT2D eigenvalue weighted by atomic mass is 10.0. The van der Waals surface area contributed by atoms with Crippen LogP contribution >= 0.6 is 0 Å². The Morgan fingerprint density at radius 1 is 1.13 bits per heavy atom. The van der Waals surface area contributed by atoms with Crippen LogP contribution in [0.1, 0.15) is 31.7 Å². The second-order valence-corrected chi connectivity index (χ2v) is 7.25. The molecule has 0 aliphatic rings. The Balaban J connectivity index is 1.59. The number of furan rings is 1. The molecule has 0 aliphatic carbocycles. The molecule has 1 amide bonds. The molecule has 3 rings (SSSR count). The minimum Gasteiger partial charge on any atom is -0.459 e. The molecular weight excluding hydrogens is 384 g/mol. The molecule has 0 fully saturated rings. The Hall–Kier alpha value is -3.26. The standard InChI is InChI=1S/C22H26N4O4/c1-3-11-26(15-21-24-25-22(30-21)19-10-7-12-29-19)14-20(28)23-18(16(2)27)13-17-8-5-4-6-9-17/h4-10,12,18H,3,11,13-15H2,1-2H3,(H,23,28)/p+1/t18-/m1/s1. The van der Waals surface area contributed by atoms with E-state index in [1.165, 1.54) is 6.92 Å². The van der Waals surface area contributed by atoms with E-state index in [-0.39, 0.29) is 18.2 Å². The molecule has 0 bridgehead atoms. The Morgan fingerprint density at radius 3 is 2.60 bits per heavy atom. The summed E-state index contributed by atoms with van der Waals surface area (Å²) in [7, 11) is 0. The van der Waals surface area contributed by atoms with E-state index in [0.717, 1.165) is 23.4 Å². The van der Waals surface area contributed by atoms with Crippen molar-refractivity contribution in [3.8, 4) is 11.7 Å². The van der Waals surface area contributed by atoms with Gasteiger partial charge in [0.15, 0.2) is 24.6 Å². The van der Waals surface area contributed by atoms with E-state index in [2.05, 4.69) is 15.5 Å². The lowest BCUT2D eigenvalue weighted by Gasteiger charge is -2.20. The molecule has 0 radical (unpaired) electrons. The summed E-state index contributed by atoms with van der Waals surface area (Å²) in [6, 6.07) is 12.6. The molecule has 30 heavy (non-hydrogen) atoms. The molecule has 158 valence electrons. The van der Waals surface area contributed by atoms with Gasteiger partial charge < -0.3 is 19.1 Å². The minimum atomic E-state index is -0.545. The Morgan fingerprint density at radius 2 is 1.93 bits per heavy atom. The highest BCUT2D eigenvalue weighted by Gasteiger charge is 2.23. The van der Waals surface area contributed by atoms with Crippen molar-refractivity contribution >= 4 is 11.7 Å². The van der Waals surface area contributed by atoms with E-state index in [9.17, 15) is 9.59 Å². The molecule has 3 aromatic rings. The van der Waals surface area contributed by atoms with Gasteiger partial charge in [0.1, 0.15) is 0 Å². The summed E-state index contributed by atoms with van der Waals surface area (Å²) in [6.45, 7) is 4.94. The Kier molecular flexibility index (Phi) is 7.51. The highest BCUT2D eigenvalue weighted by Crippen LogP contribution is 2.17. The van der Waals surface area contributed by atoms with Gasteiger partial charge in [0, 0.05) is 0 Å². The number of aromatic nitrogens is 2. The predicted molar refractivity (Wildman–Crippen MR) is 109 cm³/mol. The number of carbonyl (C=O) groups is 2. The number of ketones is 1. The summed E-state index contributed by atoms with van der Waals surface area (Å²) in [5, 5.41) is 10.9. The quantitative estimate of drug-likeness (QED) is 0.495. The van der Waals surface area contributed by atoms with Crippen molar-refractivity contribution in [3.05, 3.63) is 60.2 Å². The van der Waals surface area contributed by atoms with Crippen molar-refractivity contribution in [2.24, 2.45) is 0 Å². The van der Waals surface area contributed by atoms with Gasteiger partial charge in [-0.2, -0.15) is 0 Å². The number of nitrogens with zero attached hydrogens (tertiary/aromatic N) is 2. The van der Waals surface area contributed by atoms with Crippen LogP contribution in [0.5, 0.6) is 0 Å². The molecule has 0 saturated carbocycles. The van der Waals surface area contributed by atoms with Crippen LogP contribution in [0.3, 0.4) is 0 Å². The zero-order chi connectivity index (χ0) is 21.3. The Labute approximate surface area is 175 Å². The summed E-state index contributed by atoms with van der Waals surface area (Å²) < 4.78 is 10.9. The van der Waals surface area contributed by atoms with Crippen LogP contribution in [0.25, 0.3) is 11.7 Å². The molecule has 2 aromatic heterocycles. The lowest BCUT2D eigenvalue weighted by Crippen LogP contribution is -3.12. The number of hydrogen-bond acceptors (Lipinski definition) is 6. The molecule has 2 N–H and O–H groups in total. The fourth-order valence-electron chi connectivity index (χ4n) is 3.25. The van der Waals surface area contributed by atoms with Crippen LogP contribution < -0.4 is 10.2 Å². The zero-order valence-electron chi connectivity index (χ0n) is 17.3. The first kappa shape index (κ1) is 21.4. The molecule has 8 heteroatoms. The molecule has 1 aromatic carbocycles. The first-order valence-corrected chi connectivity index (χ1v) is 10.1. The third-order valence-electron chi connectivity index (χ3n) is 4.72. The number of benzene rings is 1. The number of carbonyl (C=O) groups excluding carboxylic acids is 2.